The van der Waals surface area contributed by atoms with E-state index in [-0.39, 0.29) is 12.2 Å². The van der Waals surface area contributed by atoms with Crippen molar-refractivity contribution in [2.45, 2.75) is 31.0 Å². The van der Waals surface area contributed by atoms with Crippen LogP contribution in [-0.4, -0.2) is 67.8 Å². The first-order chi connectivity index (χ1) is 11.7. The van der Waals surface area contributed by atoms with Crippen LogP contribution in [-0.2, 0) is 25.6 Å². The maximum atomic E-state index is 12.2. The average molecular weight is 373 g/mol. The lowest BCUT2D eigenvalue weighted by Gasteiger charge is -2.21. The summed E-state index contributed by atoms with van der Waals surface area (Å²) < 4.78 is 0. The van der Waals surface area contributed by atoms with E-state index in [0.717, 1.165) is 0 Å². The van der Waals surface area contributed by atoms with Gasteiger partial charge >= 0.3 is 11.9 Å². The number of carboxylic acid groups (broad SMARTS) is 2. The lowest BCUT2D eigenvalue weighted by molar-refractivity contribution is -0.143. The third kappa shape index (κ3) is 6.81. The average Bonchev–Trinajstić information content (AvgIpc) is 3.05. The highest BCUT2D eigenvalue weighted by Gasteiger charge is 2.29. The van der Waals surface area contributed by atoms with Gasteiger partial charge in [0, 0.05) is 24.1 Å². The zero-order chi connectivity index (χ0) is 19.0. The first-order valence-electron chi connectivity index (χ1n) is 7.13. The highest BCUT2D eigenvalue weighted by atomic mass is 32.1. The number of aromatic amines is 1. The highest BCUT2D eigenvalue weighted by Crippen LogP contribution is 2.02. The number of carbonyl (C=O) groups is 4. The van der Waals surface area contributed by atoms with Gasteiger partial charge in [-0.1, -0.05) is 0 Å². The Morgan fingerprint density at radius 1 is 1.20 bits per heavy atom. The van der Waals surface area contributed by atoms with E-state index in [9.17, 15) is 24.3 Å². The van der Waals surface area contributed by atoms with Gasteiger partial charge in [-0.2, -0.15) is 12.6 Å². The second-order valence-electron chi connectivity index (χ2n) is 5.13. The molecule has 0 aromatic carbocycles. The Balaban J connectivity index is 2.81. The molecule has 0 bridgehead atoms. The molecule has 0 saturated carbocycles. The SMILES string of the molecule is N[C@@H](CS)C(=O)N[C@@H](CC(=O)O)C(=O)N[C@@H](Cc1cnc[nH]1)C(=O)O. The van der Waals surface area contributed by atoms with E-state index in [1.807, 2.05) is 0 Å². The summed E-state index contributed by atoms with van der Waals surface area (Å²) in [6.45, 7) is 0. The van der Waals surface area contributed by atoms with Crippen LogP contribution < -0.4 is 16.4 Å². The summed E-state index contributed by atoms with van der Waals surface area (Å²) in [6.07, 6.45) is 1.92. The molecule has 138 valence electrons. The van der Waals surface area contributed by atoms with Crippen molar-refractivity contribution in [3.8, 4) is 0 Å². The number of hydrogen-bond donors (Lipinski definition) is 7. The molecule has 0 spiro atoms. The lowest BCUT2D eigenvalue weighted by atomic mass is 10.1. The number of rotatable bonds is 10. The van der Waals surface area contributed by atoms with E-state index >= 15 is 0 Å². The molecule has 0 aliphatic carbocycles. The van der Waals surface area contributed by atoms with Gasteiger partial charge in [-0.25, -0.2) is 9.78 Å². The Morgan fingerprint density at radius 3 is 2.32 bits per heavy atom. The lowest BCUT2D eigenvalue weighted by Crippen LogP contribution is -2.55. The Hall–Kier alpha value is -2.60. The molecule has 0 aliphatic heterocycles. The minimum absolute atomic E-state index is 0.00911. The molecule has 1 heterocycles. The first kappa shape index (κ1) is 20.4. The van der Waals surface area contributed by atoms with Gasteiger partial charge in [0.25, 0.3) is 0 Å². The molecular weight excluding hydrogens is 354 g/mol. The number of thiol groups is 1. The number of aliphatic carboxylic acids is 2. The maximum Gasteiger partial charge on any atom is 0.326 e. The number of aromatic nitrogens is 2. The quantitative estimate of drug-likeness (QED) is 0.224. The van der Waals surface area contributed by atoms with Crippen LogP contribution in [0.1, 0.15) is 12.1 Å². The van der Waals surface area contributed by atoms with Crippen LogP contribution in [0.4, 0.5) is 0 Å². The third-order valence-electron chi connectivity index (χ3n) is 3.14. The van der Waals surface area contributed by atoms with Gasteiger partial charge in [-0.05, 0) is 0 Å². The van der Waals surface area contributed by atoms with E-state index in [4.69, 9.17) is 10.8 Å². The smallest absolute Gasteiger partial charge is 0.326 e. The van der Waals surface area contributed by atoms with Gasteiger partial charge in [-0.15, -0.1) is 0 Å². The minimum Gasteiger partial charge on any atom is -0.481 e. The number of nitrogens with zero attached hydrogens (tertiary/aromatic N) is 1. The number of carbonyl (C=O) groups excluding carboxylic acids is 2. The number of nitrogens with two attached hydrogens (primary N) is 1. The van der Waals surface area contributed by atoms with E-state index in [1.165, 1.54) is 12.5 Å². The van der Waals surface area contributed by atoms with Crippen molar-refractivity contribution in [2.75, 3.05) is 5.75 Å². The van der Waals surface area contributed by atoms with Crippen LogP contribution in [0.2, 0.25) is 0 Å². The predicted molar refractivity (Wildman–Crippen MR) is 87.9 cm³/mol. The highest BCUT2D eigenvalue weighted by molar-refractivity contribution is 7.80. The van der Waals surface area contributed by atoms with E-state index in [0.29, 0.717) is 5.69 Å². The summed E-state index contributed by atoms with van der Waals surface area (Å²) in [5.74, 6) is -4.40. The van der Waals surface area contributed by atoms with Gasteiger partial charge in [0.05, 0.1) is 18.8 Å². The second kappa shape index (κ2) is 9.64. The topological polar surface area (TPSA) is 188 Å². The minimum atomic E-state index is -1.47. The number of imidazole rings is 1. The third-order valence-corrected chi connectivity index (χ3v) is 3.53. The molecule has 2 amide bonds. The summed E-state index contributed by atoms with van der Waals surface area (Å²) in [5.41, 5.74) is 5.92. The molecule has 11 nitrogen and oxygen atoms in total. The maximum absolute atomic E-state index is 12.2. The van der Waals surface area contributed by atoms with Gasteiger partial charge in [0.2, 0.25) is 11.8 Å². The molecule has 12 heteroatoms. The van der Waals surface area contributed by atoms with Gasteiger partial charge in [0.15, 0.2) is 0 Å². The number of hydrogen-bond acceptors (Lipinski definition) is 7. The van der Waals surface area contributed by atoms with Crippen molar-refractivity contribution in [1.82, 2.24) is 20.6 Å². The monoisotopic (exact) mass is 373 g/mol. The summed E-state index contributed by atoms with van der Waals surface area (Å²) in [7, 11) is 0. The van der Waals surface area contributed by atoms with Gasteiger partial charge < -0.3 is 31.6 Å². The van der Waals surface area contributed by atoms with Crippen molar-refractivity contribution >= 4 is 36.4 Å². The summed E-state index contributed by atoms with van der Waals surface area (Å²) in [6, 6.07) is -3.84. The van der Waals surface area contributed by atoms with Crippen molar-refractivity contribution in [1.29, 1.82) is 0 Å². The number of amides is 2. The molecule has 1 aromatic rings. The Labute approximate surface area is 147 Å². The molecule has 7 N–H and O–H groups in total. The largest absolute Gasteiger partial charge is 0.481 e. The Bertz CT molecular complexity index is 622. The van der Waals surface area contributed by atoms with Gasteiger partial charge in [-0.3, -0.25) is 14.4 Å². The molecular formula is C13H19N5O6S. The molecule has 0 saturated heterocycles. The molecule has 0 aliphatic rings. The summed E-state index contributed by atoms with van der Waals surface area (Å²) >= 11 is 3.84. The Morgan fingerprint density at radius 2 is 1.84 bits per heavy atom. The molecule has 0 unspecified atom stereocenters. The fourth-order valence-corrected chi connectivity index (χ4v) is 2.00. The van der Waals surface area contributed by atoms with Crippen LogP contribution in [0.5, 0.6) is 0 Å². The zero-order valence-corrected chi connectivity index (χ0v) is 13.9. The molecule has 25 heavy (non-hydrogen) atoms. The molecule has 0 fully saturated rings. The van der Waals surface area contributed by atoms with Crippen LogP contribution in [0.15, 0.2) is 12.5 Å². The van der Waals surface area contributed by atoms with Crippen molar-refractivity contribution < 1.29 is 29.4 Å². The number of carboxylic acids is 2. The fourth-order valence-electron chi connectivity index (χ4n) is 1.83. The van der Waals surface area contributed by atoms with E-state index in [1.54, 1.807) is 0 Å². The van der Waals surface area contributed by atoms with Crippen LogP contribution >= 0.6 is 12.6 Å². The fraction of sp³-hybridized carbons (Fsp3) is 0.462. The molecule has 1 rings (SSSR count). The standard InChI is InChI=1S/C13H19N5O6S/c14-7(4-25)11(21)17-8(2-10(19)20)12(22)18-9(13(23)24)1-6-3-15-5-16-6/h3,5,7-9,25H,1-2,4,14H2,(H,15,16)(H,17,21)(H,18,22)(H,19,20)(H,23,24)/t7-,8-,9-/m0/s1. The van der Waals surface area contributed by atoms with Crippen molar-refractivity contribution in [2.24, 2.45) is 5.73 Å². The first-order valence-corrected chi connectivity index (χ1v) is 7.76. The van der Waals surface area contributed by atoms with Crippen molar-refractivity contribution in [3.05, 3.63) is 18.2 Å². The van der Waals surface area contributed by atoms with Crippen LogP contribution in [0.3, 0.4) is 0 Å². The van der Waals surface area contributed by atoms with Gasteiger partial charge in [0.1, 0.15) is 12.1 Å². The number of nitrogens with one attached hydrogen (secondary N) is 3. The summed E-state index contributed by atoms with van der Waals surface area (Å²) in [4.78, 5) is 52.6. The molecule has 0 radical (unpaired) electrons. The van der Waals surface area contributed by atoms with Crippen LogP contribution in [0.25, 0.3) is 0 Å². The molecule has 1 aromatic heterocycles. The predicted octanol–water partition coefficient (Wildman–Crippen LogP) is -2.26. The molecule has 3 atom stereocenters. The van der Waals surface area contributed by atoms with Crippen molar-refractivity contribution in [3.63, 3.8) is 0 Å². The van der Waals surface area contributed by atoms with E-state index in [2.05, 4.69) is 33.2 Å². The van der Waals surface area contributed by atoms with E-state index < -0.39 is 48.3 Å². The Kier molecular flexibility index (Phi) is 7.88. The summed E-state index contributed by atoms with van der Waals surface area (Å²) in [5, 5.41) is 22.5. The number of H-pyrrole nitrogens is 1. The second-order valence-corrected chi connectivity index (χ2v) is 5.49. The zero-order valence-electron chi connectivity index (χ0n) is 13.0. The normalized spacial score (nSPS) is 14.2. The van der Waals surface area contributed by atoms with Crippen LogP contribution in [0, 0.1) is 0 Å².